The smallest absolute Gasteiger partial charge is 0.315 e. The number of benzene rings is 1. The quantitative estimate of drug-likeness (QED) is 0.882. The lowest BCUT2D eigenvalue weighted by Gasteiger charge is -2.26. The second-order valence-corrected chi connectivity index (χ2v) is 5.40. The highest BCUT2D eigenvalue weighted by Crippen LogP contribution is 2.10. The highest BCUT2D eigenvalue weighted by atomic mass is 19.1. The van der Waals surface area contributed by atoms with Crippen LogP contribution in [0.4, 0.5) is 9.18 Å². The van der Waals surface area contributed by atoms with Crippen molar-refractivity contribution < 1.29 is 14.0 Å². The first kappa shape index (κ1) is 16.7. The van der Waals surface area contributed by atoms with E-state index in [2.05, 4.69) is 10.6 Å². The summed E-state index contributed by atoms with van der Waals surface area (Å²) < 4.78 is 13.6. The number of piperidine rings is 1. The molecule has 23 heavy (non-hydrogen) atoms. The summed E-state index contributed by atoms with van der Waals surface area (Å²) in [5, 5.41) is 13.7. The molecule has 1 aliphatic rings. The van der Waals surface area contributed by atoms with Crippen molar-refractivity contribution in [1.82, 2.24) is 15.5 Å². The molecule has 0 radical (unpaired) electrons. The summed E-state index contributed by atoms with van der Waals surface area (Å²) in [7, 11) is 0. The van der Waals surface area contributed by atoms with Crippen LogP contribution in [0.15, 0.2) is 18.2 Å². The molecule has 1 aromatic carbocycles. The van der Waals surface area contributed by atoms with E-state index in [1.54, 1.807) is 4.90 Å². The van der Waals surface area contributed by atoms with E-state index in [0.717, 1.165) is 32.4 Å². The first-order valence-electron chi connectivity index (χ1n) is 7.58. The van der Waals surface area contributed by atoms with Gasteiger partial charge >= 0.3 is 6.03 Å². The van der Waals surface area contributed by atoms with Crippen LogP contribution < -0.4 is 10.6 Å². The van der Waals surface area contributed by atoms with E-state index >= 15 is 0 Å². The molecular weight excluding hydrogens is 299 g/mol. The lowest BCUT2D eigenvalue weighted by molar-refractivity contribution is -0.130. The molecule has 0 aliphatic carbocycles. The standard InChI is InChI=1S/C16H19FN4O2/c17-14-5-4-12(9-18)8-13(14)10-19-16(23)20-11-15(22)21-6-2-1-3-7-21/h4-5,8H,1-3,6-7,10-11H2,(H2,19,20,23). The van der Waals surface area contributed by atoms with Gasteiger partial charge in [0.25, 0.3) is 0 Å². The lowest BCUT2D eigenvalue weighted by atomic mass is 10.1. The summed E-state index contributed by atoms with van der Waals surface area (Å²) in [6, 6.07) is 5.31. The Hall–Kier alpha value is -2.62. The minimum atomic E-state index is -0.544. The summed E-state index contributed by atoms with van der Waals surface area (Å²) in [5.74, 6) is -0.605. The number of nitrogens with one attached hydrogen (secondary N) is 2. The van der Waals surface area contributed by atoms with E-state index in [0.29, 0.717) is 5.56 Å². The molecule has 0 aromatic heterocycles. The maximum Gasteiger partial charge on any atom is 0.315 e. The third-order valence-corrected chi connectivity index (χ3v) is 3.72. The van der Waals surface area contributed by atoms with Crippen LogP contribution in [0.2, 0.25) is 0 Å². The van der Waals surface area contributed by atoms with Gasteiger partial charge in [-0.2, -0.15) is 5.26 Å². The molecule has 6 nitrogen and oxygen atoms in total. The molecule has 0 bridgehead atoms. The number of carbonyl (C=O) groups excluding carboxylic acids is 2. The Morgan fingerprint density at radius 1 is 1.22 bits per heavy atom. The van der Waals surface area contributed by atoms with Crippen LogP contribution in [-0.2, 0) is 11.3 Å². The zero-order valence-corrected chi connectivity index (χ0v) is 12.8. The maximum atomic E-state index is 13.6. The lowest BCUT2D eigenvalue weighted by Crippen LogP contribution is -2.45. The minimum absolute atomic E-state index is 0.0505. The largest absolute Gasteiger partial charge is 0.341 e. The van der Waals surface area contributed by atoms with Crippen LogP contribution >= 0.6 is 0 Å². The molecule has 1 fully saturated rings. The van der Waals surface area contributed by atoms with Gasteiger partial charge in [-0.3, -0.25) is 4.79 Å². The summed E-state index contributed by atoms with van der Waals surface area (Å²) in [5.41, 5.74) is 0.547. The molecule has 1 aromatic rings. The van der Waals surface area contributed by atoms with Crippen molar-refractivity contribution in [3.63, 3.8) is 0 Å². The van der Waals surface area contributed by atoms with E-state index in [-0.39, 0.29) is 24.6 Å². The number of likely N-dealkylation sites (tertiary alicyclic amines) is 1. The zero-order chi connectivity index (χ0) is 16.7. The van der Waals surface area contributed by atoms with Crippen molar-refractivity contribution in [1.29, 1.82) is 5.26 Å². The minimum Gasteiger partial charge on any atom is -0.341 e. The van der Waals surface area contributed by atoms with Crippen molar-refractivity contribution in [2.45, 2.75) is 25.8 Å². The predicted molar refractivity (Wildman–Crippen MR) is 81.8 cm³/mol. The fourth-order valence-electron chi connectivity index (χ4n) is 2.43. The summed E-state index contributed by atoms with van der Waals surface area (Å²) in [6.07, 6.45) is 3.11. The van der Waals surface area contributed by atoms with E-state index in [4.69, 9.17) is 5.26 Å². The van der Waals surface area contributed by atoms with Crippen LogP contribution in [-0.4, -0.2) is 36.5 Å². The van der Waals surface area contributed by atoms with Crippen LogP contribution in [0, 0.1) is 17.1 Å². The number of nitriles is 1. The second kappa shape index (κ2) is 8.13. The molecule has 1 aliphatic heterocycles. The highest BCUT2D eigenvalue weighted by molar-refractivity contribution is 5.84. The van der Waals surface area contributed by atoms with Gasteiger partial charge in [0.1, 0.15) is 5.82 Å². The molecular formula is C16H19FN4O2. The molecule has 3 amide bonds. The van der Waals surface area contributed by atoms with Crippen molar-refractivity contribution in [2.24, 2.45) is 0 Å². The van der Waals surface area contributed by atoms with Gasteiger partial charge in [0.2, 0.25) is 5.91 Å². The van der Waals surface area contributed by atoms with Gasteiger partial charge in [-0.1, -0.05) is 0 Å². The average molecular weight is 318 g/mol. The number of rotatable bonds is 4. The fraction of sp³-hybridized carbons (Fsp3) is 0.438. The van der Waals surface area contributed by atoms with Gasteiger partial charge in [-0.05, 0) is 37.5 Å². The van der Waals surface area contributed by atoms with E-state index < -0.39 is 11.8 Å². The normalized spacial score (nSPS) is 14.0. The Labute approximate surface area is 134 Å². The number of urea groups is 1. The Balaban J connectivity index is 1.77. The average Bonchev–Trinajstić information content (AvgIpc) is 2.59. The number of halogens is 1. The number of hydrogen-bond acceptors (Lipinski definition) is 3. The van der Waals surface area contributed by atoms with Crippen LogP contribution in [0.25, 0.3) is 0 Å². The van der Waals surface area contributed by atoms with Crippen molar-refractivity contribution in [2.75, 3.05) is 19.6 Å². The number of hydrogen-bond donors (Lipinski definition) is 2. The van der Waals surface area contributed by atoms with Crippen LogP contribution in [0.5, 0.6) is 0 Å². The number of carbonyl (C=O) groups is 2. The molecule has 0 unspecified atom stereocenters. The first-order chi connectivity index (χ1) is 11.1. The van der Waals surface area contributed by atoms with Gasteiger partial charge in [-0.25, -0.2) is 9.18 Å². The SMILES string of the molecule is N#Cc1ccc(F)c(CNC(=O)NCC(=O)N2CCCCC2)c1. The topological polar surface area (TPSA) is 85.2 Å². The van der Waals surface area contributed by atoms with E-state index in [9.17, 15) is 14.0 Å². The van der Waals surface area contributed by atoms with Gasteiger partial charge < -0.3 is 15.5 Å². The Kier molecular flexibility index (Phi) is 5.92. The van der Waals surface area contributed by atoms with Crippen LogP contribution in [0.1, 0.15) is 30.4 Å². The van der Waals surface area contributed by atoms with Crippen molar-refractivity contribution in [3.8, 4) is 6.07 Å². The second-order valence-electron chi connectivity index (χ2n) is 5.40. The third kappa shape index (κ3) is 4.95. The number of amides is 3. The molecule has 0 atom stereocenters. The molecule has 7 heteroatoms. The van der Waals surface area contributed by atoms with Gasteiger partial charge in [0.15, 0.2) is 0 Å². The summed E-state index contributed by atoms with van der Waals surface area (Å²) >= 11 is 0. The highest BCUT2D eigenvalue weighted by Gasteiger charge is 2.16. The van der Waals surface area contributed by atoms with Gasteiger partial charge in [-0.15, -0.1) is 0 Å². The molecule has 122 valence electrons. The molecule has 2 rings (SSSR count). The summed E-state index contributed by atoms with van der Waals surface area (Å²) in [6.45, 7) is 1.33. The fourth-order valence-corrected chi connectivity index (χ4v) is 2.43. The predicted octanol–water partition coefficient (Wildman–Crippen LogP) is 1.51. The molecule has 1 saturated heterocycles. The molecule has 1 heterocycles. The van der Waals surface area contributed by atoms with Gasteiger partial charge in [0.05, 0.1) is 18.2 Å². The van der Waals surface area contributed by atoms with Crippen molar-refractivity contribution >= 4 is 11.9 Å². The maximum absolute atomic E-state index is 13.6. The summed E-state index contributed by atoms with van der Waals surface area (Å²) in [4.78, 5) is 25.3. The van der Waals surface area contributed by atoms with E-state index in [1.807, 2.05) is 6.07 Å². The Morgan fingerprint density at radius 3 is 2.65 bits per heavy atom. The third-order valence-electron chi connectivity index (χ3n) is 3.72. The first-order valence-corrected chi connectivity index (χ1v) is 7.58. The number of nitrogens with zero attached hydrogens (tertiary/aromatic N) is 2. The van der Waals surface area contributed by atoms with E-state index in [1.165, 1.54) is 18.2 Å². The Morgan fingerprint density at radius 2 is 1.96 bits per heavy atom. The monoisotopic (exact) mass is 318 g/mol. The molecule has 0 spiro atoms. The van der Waals surface area contributed by atoms with Gasteiger partial charge in [0, 0.05) is 25.2 Å². The zero-order valence-electron chi connectivity index (χ0n) is 12.8. The Bertz CT molecular complexity index is 621. The van der Waals surface area contributed by atoms with Crippen molar-refractivity contribution in [3.05, 3.63) is 35.1 Å². The molecule has 2 N–H and O–H groups in total. The van der Waals surface area contributed by atoms with Crippen LogP contribution in [0.3, 0.4) is 0 Å². The molecule has 0 saturated carbocycles.